The molecule has 1 aromatic carbocycles. The molecule has 2 rings (SSSR count). The number of hydrogen-bond donors (Lipinski definition) is 1. The summed E-state index contributed by atoms with van der Waals surface area (Å²) >= 11 is 0. The largest absolute Gasteiger partial charge is 0.497 e. The number of benzene rings is 1. The third-order valence-electron chi connectivity index (χ3n) is 3.35. The first-order valence-corrected chi connectivity index (χ1v) is 7.00. The van der Waals surface area contributed by atoms with Crippen LogP contribution in [0.25, 0.3) is 0 Å². The average Bonchev–Trinajstić information content (AvgIpc) is 2.91. The highest BCUT2D eigenvalue weighted by Gasteiger charge is 2.21. The summed E-state index contributed by atoms with van der Waals surface area (Å²) in [5, 5.41) is 2.85. The van der Waals surface area contributed by atoms with Crippen molar-refractivity contribution in [3.8, 4) is 5.75 Å². The van der Waals surface area contributed by atoms with Crippen molar-refractivity contribution >= 4 is 12.0 Å². The number of nitrogens with zero attached hydrogens (tertiary/aromatic N) is 1. The van der Waals surface area contributed by atoms with Gasteiger partial charge in [0.15, 0.2) is 0 Å². The Labute approximate surface area is 124 Å². The van der Waals surface area contributed by atoms with Crippen LogP contribution in [0.1, 0.15) is 12.0 Å². The normalized spacial score (nSPS) is 14.0. The van der Waals surface area contributed by atoms with Gasteiger partial charge in [0, 0.05) is 19.5 Å². The molecule has 0 saturated carbocycles. The highest BCUT2D eigenvalue weighted by molar-refractivity contribution is 5.77. The van der Waals surface area contributed by atoms with Crippen molar-refractivity contribution in [3.63, 3.8) is 0 Å². The van der Waals surface area contributed by atoms with Crippen LogP contribution in [0.2, 0.25) is 0 Å². The number of amides is 2. The van der Waals surface area contributed by atoms with Crippen LogP contribution in [-0.4, -0.2) is 50.3 Å². The zero-order chi connectivity index (χ0) is 15.1. The van der Waals surface area contributed by atoms with Gasteiger partial charge < -0.3 is 19.7 Å². The van der Waals surface area contributed by atoms with Gasteiger partial charge in [-0.1, -0.05) is 12.1 Å². The first-order chi connectivity index (χ1) is 10.2. The molecule has 0 aromatic heterocycles. The molecule has 1 aliphatic rings. The van der Waals surface area contributed by atoms with Gasteiger partial charge in [-0.2, -0.15) is 0 Å². The number of ether oxygens (including phenoxy) is 2. The van der Waals surface area contributed by atoms with Gasteiger partial charge in [0.1, 0.15) is 12.4 Å². The molecule has 2 amide bonds. The summed E-state index contributed by atoms with van der Waals surface area (Å²) in [6, 6.07) is 7.75. The summed E-state index contributed by atoms with van der Waals surface area (Å²) in [5.74, 6) is 0.767. The Morgan fingerprint density at radius 2 is 2.14 bits per heavy atom. The van der Waals surface area contributed by atoms with Crippen molar-refractivity contribution < 1.29 is 19.1 Å². The van der Waals surface area contributed by atoms with E-state index in [-0.39, 0.29) is 12.0 Å². The minimum atomic E-state index is -0.332. The molecule has 0 unspecified atom stereocenters. The summed E-state index contributed by atoms with van der Waals surface area (Å²) in [7, 11) is 1.63. The molecule has 1 aromatic rings. The Morgan fingerprint density at radius 1 is 1.38 bits per heavy atom. The Hall–Kier alpha value is -2.24. The highest BCUT2D eigenvalue weighted by atomic mass is 16.6. The molecule has 1 saturated heterocycles. The number of nitrogens with one attached hydrogen (secondary N) is 1. The van der Waals surface area contributed by atoms with Gasteiger partial charge >= 0.3 is 6.09 Å². The van der Waals surface area contributed by atoms with Crippen molar-refractivity contribution in [1.82, 2.24) is 10.2 Å². The van der Waals surface area contributed by atoms with Crippen LogP contribution in [0.5, 0.6) is 5.75 Å². The summed E-state index contributed by atoms with van der Waals surface area (Å²) in [6.45, 7) is 1.97. The lowest BCUT2D eigenvalue weighted by atomic mass is 10.1. The quantitative estimate of drug-likeness (QED) is 0.820. The van der Waals surface area contributed by atoms with E-state index in [4.69, 9.17) is 9.47 Å². The van der Waals surface area contributed by atoms with E-state index in [1.54, 1.807) is 12.0 Å². The zero-order valence-electron chi connectivity index (χ0n) is 12.1. The number of cyclic esters (lactones) is 1. The zero-order valence-corrected chi connectivity index (χ0v) is 12.1. The van der Waals surface area contributed by atoms with Crippen molar-refractivity contribution in [1.29, 1.82) is 0 Å². The smallest absolute Gasteiger partial charge is 0.409 e. The molecule has 21 heavy (non-hydrogen) atoms. The van der Waals surface area contributed by atoms with Gasteiger partial charge in [-0.3, -0.25) is 4.79 Å². The first kappa shape index (κ1) is 15.2. The van der Waals surface area contributed by atoms with E-state index >= 15 is 0 Å². The van der Waals surface area contributed by atoms with Gasteiger partial charge in [0.2, 0.25) is 5.91 Å². The van der Waals surface area contributed by atoms with E-state index in [0.29, 0.717) is 32.7 Å². The molecule has 0 spiro atoms. The fourth-order valence-electron chi connectivity index (χ4n) is 2.09. The van der Waals surface area contributed by atoms with Crippen LogP contribution < -0.4 is 10.1 Å². The van der Waals surface area contributed by atoms with E-state index in [0.717, 1.165) is 17.7 Å². The molecule has 114 valence electrons. The van der Waals surface area contributed by atoms with Crippen molar-refractivity contribution in [2.75, 3.05) is 33.4 Å². The fourth-order valence-corrected chi connectivity index (χ4v) is 2.09. The minimum Gasteiger partial charge on any atom is -0.497 e. The second-order valence-corrected chi connectivity index (χ2v) is 4.80. The van der Waals surface area contributed by atoms with E-state index in [1.165, 1.54) is 0 Å². The molecular formula is C15H20N2O4. The van der Waals surface area contributed by atoms with Gasteiger partial charge in [0.05, 0.1) is 13.7 Å². The third kappa shape index (κ3) is 4.66. The standard InChI is InChI=1S/C15H20N2O4/c1-20-13-4-2-12(3-5-13)6-8-16-14(18)7-9-17-10-11-21-15(17)19/h2-5H,6-11H2,1H3,(H,16,18). The Kier molecular flexibility index (Phi) is 5.43. The summed E-state index contributed by atoms with van der Waals surface area (Å²) in [4.78, 5) is 24.4. The molecule has 0 atom stereocenters. The molecule has 6 nitrogen and oxygen atoms in total. The topological polar surface area (TPSA) is 67.9 Å². The number of rotatable bonds is 7. The number of carbonyl (C=O) groups is 2. The molecule has 1 heterocycles. The lowest BCUT2D eigenvalue weighted by Crippen LogP contribution is -2.32. The maximum atomic E-state index is 11.7. The van der Waals surface area contributed by atoms with E-state index < -0.39 is 0 Å². The number of hydrogen-bond acceptors (Lipinski definition) is 4. The summed E-state index contributed by atoms with van der Waals surface area (Å²) in [6.07, 6.45) is 0.736. The first-order valence-electron chi connectivity index (χ1n) is 7.00. The highest BCUT2D eigenvalue weighted by Crippen LogP contribution is 2.11. The van der Waals surface area contributed by atoms with E-state index in [1.807, 2.05) is 24.3 Å². The van der Waals surface area contributed by atoms with Crippen LogP contribution in [-0.2, 0) is 16.0 Å². The predicted octanol–water partition coefficient (Wildman–Crippen LogP) is 1.20. The van der Waals surface area contributed by atoms with Crippen LogP contribution in [0.15, 0.2) is 24.3 Å². The summed E-state index contributed by atoms with van der Waals surface area (Å²) < 4.78 is 9.89. The van der Waals surface area contributed by atoms with Crippen molar-refractivity contribution in [2.45, 2.75) is 12.8 Å². The molecule has 0 radical (unpaired) electrons. The predicted molar refractivity (Wildman–Crippen MR) is 77.2 cm³/mol. The third-order valence-corrected chi connectivity index (χ3v) is 3.35. The monoisotopic (exact) mass is 292 g/mol. The molecule has 1 fully saturated rings. The van der Waals surface area contributed by atoms with Crippen molar-refractivity contribution in [2.24, 2.45) is 0 Å². The summed E-state index contributed by atoms with van der Waals surface area (Å²) in [5.41, 5.74) is 1.14. The van der Waals surface area contributed by atoms with Crippen molar-refractivity contribution in [3.05, 3.63) is 29.8 Å². The molecule has 1 aliphatic heterocycles. The van der Waals surface area contributed by atoms with Gasteiger partial charge in [-0.15, -0.1) is 0 Å². The second kappa shape index (κ2) is 7.52. The average molecular weight is 292 g/mol. The molecule has 1 N–H and O–H groups in total. The lowest BCUT2D eigenvalue weighted by molar-refractivity contribution is -0.121. The number of methoxy groups -OCH3 is 1. The molecule has 6 heteroatoms. The molecular weight excluding hydrogens is 272 g/mol. The number of carbonyl (C=O) groups excluding carboxylic acids is 2. The SMILES string of the molecule is COc1ccc(CCNC(=O)CCN2CCOC2=O)cc1. The van der Waals surface area contributed by atoms with Gasteiger partial charge in [-0.25, -0.2) is 4.79 Å². The van der Waals surface area contributed by atoms with Crippen LogP contribution in [0.4, 0.5) is 4.79 Å². The molecule has 0 aliphatic carbocycles. The second-order valence-electron chi connectivity index (χ2n) is 4.80. The fraction of sp³-hybridized carbons (Fsp3) is 0.467. The van der Waals surface area contributed by atoms with E-state index in [9.17, 15) is 9.59 Å². The Bertz CT molecular complexity index is 487. The van der Waals surface area contributed by atoms with Gasteiger partial charge in [0.25, 0.3) is 0 Å². The Balaban J connectivity index is 1.63. The lowest BCUT2D eigenvalue weighted by Gasteiger charge is -2.12. The van der Waals surface area contributed by atoms with Crippen LogP contribution in [0, 0.1) is 0 Å². The minimum absolute atomic E-state index is 0.0526. The maximum Gasteiger partial charge on any atom is 0.409 e. The maximum absolute atomic E-state index is 11.7. The van der Waals surface area contributed by atoms with Gasteiger partial charge in [-0.05, 0) is 24.1 Å². The molecule has 0 bridgehead atoms. The van der Waals surface area contributed by atoms with E-state index in [2.05, 4.69) is 5.32 Å². The Morgan fingerprint density at radius 3 is 2.76 bits per heavy atom. The van der Waals surface area contributed by atoms with Crippen LogP contribution in [0.3, 0.4) is 0 Å². The van der Waals surface area contributed by atoms with Crippen LogP contribution >= 0.6 is 0 Å².